The SMILES string of the molecule is O=C(COc1ccccc1)NCC(=O)NN=Cc1ccc([N+](=O)[O-])cc1. The molecule has 0 atom stereocenters. The van der Waals surface area contributed by atoms with Gasteiger partial charge in [0.15, 0.2) is 6.61 Å². The van der Waals surface area contributed by atoms with E-state index in [0.717, 1.165) is 0 Å². The predicted molar refractivity (Wildman–Crippen MR) is 93.8 cm³/mol. The molecule has 0 fully saturated rings. The molecule has 0 unspecified atom stereocenters. The lowest BCUT2D eigenvalue weighted by Crippen LogP contribution is -2.37. The maximum absolute atomic E-state index is 11.6. The molecule has 9 heteroatoms. The number of amides is 2. The third kappa shape index (κ3) is 6.40. The lowest BCUT2D eigenvalue weighted by Gasteiger charge is -2.06. The lowest BCUT2D eigenvalue weighted by molar-refractivity contribution is -0.384. The van der Waals surface area contributed by atoms with Crippen LogP contribution in [0.5, 0.6) is 5.75 Å². The van der Waals surface area contributed by atoms with E-state index in [1.54, 1.807) is 24.3 Å². The molecule has 0 spiro atoms. The van der Waals surface area contributed by atoms with E-state index in [9.17, 15) is 19.7 Å². The number of carbonyl (C=O) groups excluding carboxylic acids is 2. The fourth-order valence-corrected chi connectivity index (χ4v) is 1.80. The van der Waals surface area contributed by atoms with Gasteiger partial charge in [-0.3, -0.25) is 19.7 Å². The molecule has 0 aliphatic heterocycles. The second-order valence-corrected chi connectivity index (χ2v) is 5.02. The molecule has 26 heavy (non-hydrogen) atoms. The zero-order valence-electron chi connectivity index (χ0n) is 13.6. The zero-order chi connectivity index (χ0) is 18.8. The molecule has 2 aromatic rings. The van der Waals surface area contributed by atoms with Gasteiger partial charge in [0.2, 0.25) is 0 Å². The van der Waals surface area contributed by atoms with Crippen LogP contribution in [-0.2, 0) is 9.59 Å². The van der Waals surface area contributed by atoms with E-state index < -0.39 is 16.7 Å². The van der Waals surface area contributed by atoms with Gasteiger partial charge >= 0.3 is 0 Å². The third-order valence-corrected chi connectivity index (χ3v) is 3.07. The number of nitrogens with zero attached hydrogens (tertiary/aromatic N) is 2. The molecular weight excluding hydrogens is 340 g/mol. The normalized spacial score (nSPS) is 10.3. The molecule has 134 valence electrons. The topological polar surface area (TPSA) is 123 Å². The van der Waals surface area contributed by atoms with E-state index in [2.05, 4.69) is 15.8 Å². The average molecular weight is 356 g/mol. The van der Waals surface area contributed by atoms with Crippen LogP contribution in [0.25, 0.3) is 0 Å². The van der Waals surface area contributed by atoms with Crippen molar-refractivity contribution in [1.29, 1.82) is 0 Å². The van der Waals surface area contributed by atoms with Gasteiger partial charge in [-0.15, -0.1) is 0 Å². The Balaban J connectivity index is 1.68. The summed E-state index contributed by atoms with van der Waals surface area (Å²) in [6.07, 6.45) is 1.34. The highest BCUT2D eigenvalue weighted by Crippen LogP contribution is 2.10. The number of para-hydroxylation sites is 1. The van der Waals surface area contributed by atoms with Crippen LogP contribution in [0.2, 0.25) is 0 Å². The fourth-order valence-electron chi connectivity index (χ4n) is 1.80. The Kier molecular flexibility index (Phi) is 6.81. The molecule has 2 rings (SSSR count). The Morgan fingerprint density at radius 1 is 1.08 bits per heavy atom. The first kappa shape index (κ1) is 18.6. The number of hydrogen-bond acceptors (Lipinski definition) is 6. The highest BCUT2D eigenvalue weighted by molar-refractivity contribution is 5.86. The number of nitro groups is 1. The van der Waals surface area contributed by atoms with Gasteiger partial charge in [-0.1, -0.05) is 18.2 Å². The standard InChI is InChI=1S/C17H16N4O5/c22-16(11-18-17(23)12-26-15-4-2-1-3-5-15)20-19-10-13-6-8-14(9-7-13)21(24)25/h1-10H,11-12H2,(H,18,23)(H,20,22). The van der Waals surface area contributed by atoms with Crippen molar-refractivity contribution in [3.8, 4) is 5.75 Å². The van der Waals surface area contributed by atoms with Crippen LogP contribution in [0.4, 0.5) is 5.69 Å². The Bertz CT molecular complexity index is 791. The minimum absolute atomic E-state index is 0.0355. The largest absolute Gasteiger partial charge is 0.484 e. The number of ether oxygens (including phenoxy) is 1. The molecule has 2 amide bonds. The van der Waals surface area contributed by atoms with Crippen molar-refractivity contribution < 1.29 is 19.2 Å². The van der Waals surface area contributed by atoms with Crippen molar-refractivity contribution >= 4 is 23.7 Å². The van der Waals surface area contributed by atoms with Gasteiger partial charge in [0.05, 0.1) is 17.7 Å². The molecule has 0 bridgehead atoms. The molecular formula is C17H16N4O5. The van der Waals surface area contributed by atoms with Crippen LogP contribution in [-0.4, -0.2) is 36.1 Å². The van der Waals surface area contributed by atoms with Crippen LogP contribution in [0, 0.1) is 10.1 Å². The molecule has 0 radical (unpaired) electrons. The van der Waals surface area contributed by atoms with Gasteiger partial charge in [-0.25, -0.2) is 5.43 Å². The maximum Gasteiger partial charge on any atom is 0.269 e. The van der Waals surface area contributed by atoms with Crippen LogP contribution < -0.4 is 15.5 Å². The maximum atomic E-state index is 11.6. The summed E-state index contributed by atoms with van der Waals surface area (Å²) < 4.78 is 5.24. The summed E-state index contributed by atoms with van der Waals surface area (Å²) in [6.45, 7) is -0.460. The van der Waals surface area contributed by atoms with E-state index in [0.29, 0.717) is 11.3 Å². The summed E-state index contributed by atoms with van der Waals surface area (Å²) in [6, 6.07) is 14.5. The number of rotatable bonds is 8. The van der Waals surface area contributed by atoms with Crippen molar-refractivity contribution in [2.75, 3.05) is 13.2 Å². The first-order valence-corrected chi connectivity index (χ1v) is 7.55. The second-order valence-electron chi connectivity index (χ2n) is 5.02. The Morgan fingerprint density at radius 2 is 1.77 bits per heavy atom. The van der Waals surface area contributed by atoms with Crippen LogP contribution in [0.3, 0.4) is 0 Å². The third-order valence-electron chi connectivity index (χ3n) is 3.07. The monoisotopic (exact) mass is 356 g/mol. The molecule has 0 aliphatic rings. The van der Waals surface area contributed by atoms with Crippen molar-refractivity contribution in [2.24, 2.45) is 5.10 Å². The minimum Gasteiger partial charge on any atom is -0.484 e. The van der Waals surface area contributed by atoms with Crippen LogP contribution in [0.1, 0.15) is 5.56 Å². The summed E-state index contributed by atoms with van der Waals surface area (Å²) in [4.78, 5) is 33.2. The summed E-state index contributed by atoms with van der Waals surface area (Å²) in [5.74, 6) is -0.403. The van der Waals surface area contributed by atoms with Gasteiger partial charge in [-0.05, 0) is 29.8 Å². The Hall–Kier alpha value is -3.75. The van der Waals surface area contributed by atoms with Crippen molar-refractivity contribution in [3.63, 3.8) is 0 Å². The predicted octanol–water partition coefficient (Wildman–Crippen LogP) is 1.24. The average Bonchev–Trinajstić information content (AvgIpc) is 2.66. The van der Waals surface area contributed by atoms with Crippen molar-refractivity contribution in [1.82, 2.24) is 10.7 Å². The van der Waals surface area contributed by atoms with Crippen LogP contribution >= 0.6 is 0 Å². The first-order valence-electron chi connectivity index (χ1n) is 7.55. The van der Waals surface area contributed by atoms with E-state index in [4.69, 9.17) is 4.74 Å². The molecule has 0 aromatic heterocycles. The van der Waals surface area contributed by atoms with Crippen molar-refractivity contribution in [2.45, 2.75) is 0 Å². The summed E-state index contributed by atoms with van der Waals surface area (Å²) >= 11 is 0. The highest BCUT2D eigenvalue weighted by atomic mass is 16.6. The molecule has 9 nitrogen and oxygen atoms in total. The minimum atomic E-state index is -0.517. The van der Waals surface area contributed by atoms with Gasteiger partial charge < -0.3 is 10.1 Å². The summed E-state index contributed by atoms with van der Waals surface area (Å²) in [5, 5.41) is 16.6. The zero-order valence-corrected chi connectivity index (χ0v) is 13.6. The number of non-ortho nitro benzene ring substituents is 1. The number of hydrazone groups is 1. The van der Waals surface area contributed by atoms with E-state index in [1.165, 1.54) is 30.5 Å². The van der Waals surface area contributed by atoms with E-state index in [1.807, 2.05) is 6.07 Å². The number of benzene rings is 2. The van der Waals surface area contributed by atoms with Crippen LogP contribution in [0.15, 0.2) is 59.7 Å². The second kappa shape index (κ2) is 9.52. The quantitative estimate of drug-likeness (QED) is 0.418. The number of nitro benzene ring substituents is 1. The Morgan fingerprint density at radius 3 is 2.42 bits per heavy atom. The summed E-state index contributed by atoms with van der Waals surface area (Å²) in [7, 11) is 0. The van der Waals surface area contributed by atoms with E-state index in [-0.39, 0.29) is 18.8 Å². The Labute approximate surface area is 148 Å². The number of nitrogens with one attached hydrogen (secondary N) is 2. The molecule has 0 aliphatic carbocycles. The fraction of sp³-hybridized carbons (Fsp3) is 0.118. The van der Waals surface area contributed by atoms with Crippen molar-refractivity contribution in [3.05, 3.63) is 70.3 Å². The molecule has 2 aromatic carbocycles. The smallest absolute Gasteiger partial charge is 0.269 e. The van der Waals surface area contributed by atoms with Gasteiger partial charge in [-0.2, -0.15) is 5.10 Å². The van der Waals surface area contributed by atoms with Gasteiger partial charge in [0.1, 0.15) is 5.75 Å². The highest BCUT2D eigenvalue weighted by Gasteiger charge is 2.06. The molecule has 2 N–H and O–H groups in total. The van der Waals surface area contributed by atoms with Gasteiger partial charge in [0, 0.05) is 12.1 Å². The summed E-state index contributed by atoms with van der Waals surface area (Å²) in [5.41, 5.74) is 2.78. The number of hydrogen-bond donors (Lipinski definition) is 2. The first-order chi connectivity index (χ1) is 12.5. The molecule has 0 saturated heterocycles. The van der Waals surface area contributed by atoms with E-state index >= 15 is 0 Å². The molecule has 0 heterocycles. The lowest BCUT2D eigenvalue weighted by atomic mass is 10.2. The van der Waals surface area contributed by atoms with Gasteiger partial charge in [0.25, 0.3) is 17.5 Å². The number of carbonyl (C=O) groups is 2. The molecule has 0 saturated carbocycles.